The molecule has 7 heteroatoms. The lowest BCUT2D eigenvalue weighted by atomic mass is 10.2. The summed E-state index contributed by atoms with van der Waals surface area (Å²) in [6, 6.07) is 8.42. The summed E-state index contributed by atoms with van der Waals surface area (Å²) in [5.74, 6) is 1.72. The first-order chi connectivity index (χ1) is 13.0. The maximum absolute atomic E-state index is 11.9. The highest BCUT2D eigenvalue weighted by Gasteiger charge is 2.22. The molecule has 1 atom stereocenters. The molecule has 2 rings (SSSR count). The van der Waals surface area contributed by atoms with Gasteiger partial charge in [-0.2, -0.15) is 0 Å². The summed E-state index contributed by atoms with van der Waals surface area (Å²) in [6.07, 6.45) is 1.00. The summed E-state index contributed by atoms with van der Waals surface area (Å²) in [7, 11) is 5.22. The van der Waals surface area contributed by atoms with Crippen molar-refractivity contribution in [1.82, 2.24) is 15.1 Å². The highest BCUT2D eigenvalue weighted by atomic mass is 16.5. The number of ether oxygens (including phenoxy) is 1. The molecule has 7 nitrogen and oxygen atoms in total. The molecule has 1 amide bonds. The number of carbonyl (C=O) groups excluding carboxylic acids is 1. The van der Waals surface area contributed by atoms with E-state index in [2.05, 4.69) is 40.0 Å². The van der Waals surface area contributed by atoms with Gasteiger partial charge in [0.1, 0.15) is 12.3 Å². The second kappa shape index (κ2) is 10.0. The second-order valence-corrected chi connectivity index (χ2v) is 7.03. The van der Waals surface area contributed by atoms with Crippen LogP contribution in [0.5, 0.6) is 5.75 Å². The Morgan fingerprint density at radius 1 is 1.26 bits per heavy atom. The molecule has 27 heavy (non-hydrogen) atoms. The van der Waals surface area contributed by atoms with Crippen LogP contribution >= 0.6 is 0 Å². The minimum Gasteiger partial charge on any atom is -0.495 e. The lowest BCUT2D eigenvalue weighted by Gasteiger charge is -2.38. The normalized spacial score (nSPS) is 16.1. The summed E-state index contributed by atoms with van der Waals surface area (Å²) in [5, 5.41) is 3.47. The predicted octanol–water partition coefficient (Wildman–Crippen LogP) is 1.65. The Kier molecular flexibility index (Phi) is 7.76. The number of methoxy groups -OCH3 is 1. The molecule has 0 saturated carbocycles. The topological polar surface area (TPSA) is 60.4 Å². The Morgan fingerprint density at radius 2 is 1.93 bits per heavy atom. The van der Waals surface area contributed by atoms with E-state index in [9.17, 15) is 4.79 Å². The number of rotatable bonds is 6. The molecule has 0 aromatic heterocycles. The van der Waals surface area contributed by atoms with Crippen molar-refractivity contribution in [3.05, 3.63) is 24.3 Å². The van der Waals surface area contributed by atoms with Crippen LogP contribution in [0.25, 0.3) is 0 Å². The third-order valence-corrected chi connectivity index (χ3v) is 4.86. The standard InChI is InChI=1S/C20H33N5O2/c1-6-16(2)22-20(21-15-19(26)23(3)4)25-13-11-24(12-14-25)17-9-7-8-10-18(17)27-5/h7-10,16H,6,11-15H2,1-5H3,(H,21,22). The number of para-hydroxylation sites is 2. The van der Waals surface area contributed by atoms with Gasteiger partial charge in [0.15, 0.2) is 5.96 Å². The van der Waals surface area contributed by atoms with Crippen LogP contribution in [0, 0.1) is 0 Å². The zero-order chi connectivity index (χ0) is 19.8. The van der Waals surface area contributed by atoms with Crippen LogP contribution in [0.4, 0.5) is 5.69 Å². The molecule has 1 aliphatic heterocycles. The molecule has 150 valence electrons. The highest BCUT2D eigenvalue weighted by Crippen LogP contribution is 2.28. The summed E-state index contributed by atoms with van der Waals surface area (Å²) < 4.78 is 5.49. The van der Waals surface area contributed by atoms with Gasteiger partial charge in [0, 0.05) is 46.3 Å². The summed E-state index contributed by atoms with van der Waals surface area (Å²) in [5.41, 5.74) is 1.12. The molecule has 1 unspecified atom stereocenters. The van der Waals surface area contributed by atoms with Gasteiger partial charge in [-0.3, -0.25) is 4.79 Å². The Balaban J connectivity index is 2.06. The first-order valence-corrected chi connectivity index (χ1v) is 9.60. The first kappa shape index (κ1) is 20.9. The number of piperazine rings is 1. The zero-order valence-corrected chi connectivity index (χ0v) is 17.2. The lowest BCUT2D eigenvalue weighted by Crippen LogP contribution is -2.54. The van der Waals surface area contributed by atoms with Crippen molar-refractivity contribution in [3.8, 4) is 5.75 Å². The number of hydrogen-bond acceptors (Lipinski definition) is 4. The molecule has 0 aliphatic carbocycles. The lowest BCUT2D eigenvalue weighted by molar-refractivity contribution is -0.127. The van der Waals surface area contributed by atoms with E-state index in [0.717, 1.165) is 50.0 Å². The van der Waals surface area contributed by atoms with E-state index < -0.39 is 0 Å². The van der Waals surface area contributed by atoms with Gasteiger partial charge < -0.3 is 24.8 Å². The molecule has 1 aromatic rings. The largest absolute Gasteiger partial charge is 0.495 e. The van der Waals surface area contributed by atoms with E-state index in [1.165, 1.54) is 0 Å². The fourth-order valence-corrected chi connectivity index (χ4v) is 2.89. The number of carbonyl (C=O) groups is 1. The van der Waals surface area contributed by atoms with Gasteiger partial charge in [-0.1, -0.05) is 19.1 Å². The molecular formula is C20H33N5O2. The van der Waals surface area contributed by atoms with Crippen molar-refractivity contribution in [2.75, 3.05) is 58.8 Å². The number of benzene rings is 1. The molecule has 0 radical (unpaired) electrons. The van der Waals surface area contributed by atoms with E-state index in [4.69, 9.17) is 4.74 Å². The number of anilines is 1. The van der Waals surface area contributed by atoms with Gasteiger partial charge in [0.25, 0.3) is 0 Å². The molecule has 0 bridgehead atoms. The van der Waals surface area contributed by atoms with Gasteiger partial charge in [-0.05, 0) is 25.5 Å². The Morgan fingerprint density at radius 3 is 2.52 bits per heavy atom. The van der Waals surface area contributed by atoms with Crippen LogP contribution in [-0.2, 0) is 4.79 Å². The number of hydrogen-bond donors (Lipinski definition) is 1. The highest BCUT2D eigenvalue weighted by molar-refractivity contribution is 5.85. The molecule has 0 spiro atoms. The summed E-state index contributed by atoms with van der Waals surface area (Å²) in [4.78, 5) is 22.7. The minimum absolute atomic E-state index is 0.00566. The Bertz CT molecular complexity index is 639. The van der Waals surface area contributed by atoms with Crippen molar-refractivity contribution in [2.24, 2.45) is 4.99 Å². The fourth-order valence-electron chi connectivity index (χ4n) is 2.89. The van der Waals surface area contributed by atoms with E-state index in [1.807, 2.05) is 18.2 Å². The van der Waals surface area contributed by atoms with E-state index >= 15 is 0 Å². The maximum atomic E-state index is 11.9. The molecule has 1 saturated heterocycles. The average Bonchev–Trinajstić information content (AvgIpc) is 2.70. The molecule has 1 heterocycles. The fraction of sp³-hybridized carbons (Fsp3) is 0.600. The quantitative estimate of drug-likeness (QED) is 0.605. The third-order valence-electron chi connectivity index (χ3n) is 4.86. The number of nitrogens with zero attached hydrogens (tertiary/aromatic N) is 4. The SMILES string of the molecule is CCC(C)NC(=NCC(=O)N(C)C)N1CCN(c2ccccc2OC)CC1. The van der Waals surface area contributed by atoms with Crippen molar-refractivity contribution in [3.63, 3.8) is 0 Å². The van der Waals surface area contributed by atoms with Crippen LogP contribution in [0.3, 0.4) is 0 Å². The number of aliphatic imine (C=N–C) groups is 1. The van der Waals surface area contributed by atoms with Gasteiger partial charge >= 0.3 is 0 Å². The van der Waals surface area contributed by atoms with Crippen molar-refractivity contribution in [1.29, 1.82) is 0 Å². The molecular weight excluding hydrogens is 342 g/mol. The van der Waals surface area contributed by atoms with Crippen LogP contribution in [0.2, 0.25) is 0 Å². The van der Waals surface area contributed by atoms with Crippen molar-refractivity contribution in [2.45, 2.75) is 26.3 Å². The molecule has 1 aliphatic rings. The van der Waals surface area contributed by atoms with Crippen molar-refractivity contribution >= 4 is 17.6 Å². The molecule has 1 aromatic carbocycles. The van der Waals surface area contributed by atoms with Gasteiger partial charge in [-0.25, -0.2) is 4.99 Å². The van der Waals surface area contributed by atoms with Gasteiger partial charge in [0.2, 0.25) is 5.91 Å². The maximum Gasteiger partial charge on any atom is 0.243 e. The predicted molar refractivity (Wildman–Crippen MR) is 111 cm³/mol. The average molecular weight is 376 g/mol. The summed E-state index contributed by atoms with van der Waals surface area (Å²) in [6.45, 7) is 7.88. The smallest absolute Gasteiger partial charge is 0.243 e. The summed E-state index contributed by atoms with van der Waals surface area (Å²) >= 11 is 0. The molecule has 1 fully saturated rings. The van der Waals surface area contributed by atoms with Gasteiger partial charge in [-0.15, -0.1) is 0 Å². The van der Waals surface area contributed by atoms with Gasteiger partial charge in [0.05, 0.1) is 12.8 Å². The Labute approximate surface area is 163 Å². The first-order valence-electron chi connectivity index (χ1n) is 9.60. The van der Waals surface area contributed by atoms with Crippen LogP contribution < -0.4 is 15.0 Å². The number of amides is 1. The van der Waals surface area contributed by atoms with Crippen molar-refractivity contribution < 1.29 is 9.53 Å². The van der Waals surface area contributed by atoms with Crippen LogP contribution in [0.1, 0.15) is 20.3 Å². The minimum atomic E-state index is 0.00566. The van der Waals surface area contributed by atoms with E-state index in [1.54, 1.807) is 26.1 Å². The number of likely N-dealkylation sites (N-methyl/N-ethyl adjacent to an activating group) is 1. The second-order valence-electron chi connectivity index (χ2n) is 7.03. The number of nitrogens with one attached hydrogen (secondary N) is 1. The monoisotopic (exact) mass is 375 g/mol. The van der Waals surface area contributed by atoms with E-state index in [0.29, 0.717) is 6.04 Å². The molecule has 1 N–H and O–H groups in total. The third kappa shape index (κ3) is 5.77. The van der Waals surface area contributed by atoms with Crippen LogP contribution in [0.15, 0.2) is 29.3 Å². The van der Waals surface area contributed by atoms with E-state index in [-0.39, 0.29) is 12.5 Å². The Hall–Kier alpha value is -2.44. The number of guanidine groups is 1. The zero-order valence-electron chi connectivity index (χ0n) is 17.2. The van der Waals surface area contributed by atoms with Crippen LogP contribution in [-0.4, -0.2) is 81.6 Å².